The third-order valence-corrected chi connectivity index (χ3v) is 3.94. The van der Waals surface area contributed by atoms with Crippen LogP contribution in [-0.4, -0.2) is 52.1 Å². The van der Waals surface area contributed by atoms with Gasteiger partial charge in [-0.3, -0.25) is 14.9 Å². The van der Waals surface area contributed by atoms with Gasteiger partial charge in [0.15, 0.2) is 0 Å². The Balaban J connectivity index is 2.87. The summed E-state index contributed by atoms with van der Waals surface area (Å²) in [4.78, 5) is 34.8. The normalized spacial score (nSPS) is 10.1. The highest BCUT2D eigenvalue weighted by Crippen LogP contribution is 2.31. The van der Waals surface area contributed by atoms with E-state index in [1.807, 2.05) is 0 Å². The molecule has 0 unspecified atom stereocenters. The summed E-state index contributed by atoms with van der Waals surface area (Å²) in [5, 5.41) is 11.7. The topological polar surface area (TPSA) is 126 Å². The molecule has 0 aliphatic carbocycles. The number of carboxylic acid groups (broad SMARTS) is 1. The minimum Gasteiger partial charge on any atom is -0.481 e. The number of anilines is 1. The molecule has 0 atom stereocenters. The van der Waals surface area contributed by atoms with Gasteiger partial charge in [0.05, 0.1) is 6.42 Å². The Morgan fingerprint density at radius 1 is 1.45 bits per heavy atom. The van der Waals surface area contributed by atoms with Crippen LogP contribution in [0.5, 0.6) is 0 Å². The quantitative estimate of drug-likeness (QED) is 0.669. The molecule has 3 amide bonds. The number of carboxylic acids is 1. The molecule has 0 fully saturated rings. The molecule has 0 spiro atoms. The fourth-order valence-corrected chi connectivity index (χ4v) is 3.01. The number of carbonyl (C=O) groups is 3. The second-order valence-corrected chi connectivity index (χ2v) is 5.73. The van der Waals surface area contributed by atoms with Crippen LogP contribution in [-0.2, 0) is 4.79 Å². The van der Waals surface area contributed by atoms with Crippen molar-refractivity contribution in [1.82, 2.24) is 9.27 Å². The number of nitrogens with zero attached hydrogens (tertiary/aromatic N) is 2. The third-order valence-electron chi connectivity index (χ3n) is 2.09. The third kappa shape index (κ3) is 4.38. The van der Waals surface area contributed by atoms with Crippen LogP contribution in [0.2, 0.25) is 0 Å². The second-order valence-electron chi connectivity index (χ2n) is 3.87. The lowest BCUT2D eigenvalue weighted by molar-refractivity contribution is -0.136. The molecule has 0 aromatic carbocycles. The van der Waals surface area contributed by atoms with E-state index in [1.165, 1.54) is 4.90 Å². The van der Waals surface area contributed by atoms with Crippen molar-refractivity contribution in [2.45, 2.75) is 11.4 Å². The molecule has 0 aliphatic heterocycles. The van der Waals surface area contributed by atoms with E-state index >= 15 is 0 Å². The maximum absolute atomic E-state index is 11.6. The lowest BCUT2D eigenvalue weighted by Gasteiger charge is -2.11. The Morgan fingerprint density at radius 3 is 2.60 bits per heavy atom. The van der Waals surface area contributed by atoms with Crippen molar-refractivity contribution in [1.29, 1.82) is 0 Å². The van der Waals surface area contributed by atoms with Gasteiger partial charge in [0.25, 0.3) is 5.91 Å². The molecule has 0 bridgehead atoms. The number of aromatic nitrogens is 1. The number of urea groups is 1. The monoisotopic (exact) mass is 318 g/mol. The van der Waals surface area contributed by atoms with Crippen molar-refractivity contribution in [3.63, 3.8) is 0 Å². The Hall–Kier alpha value is -1.81. The molecule has 1 aromatic heterocycles. The summed E-state index contributed by atoms with van der Waals surface area (Å²) in [6, 6.07) is -0.404. The number of hydrogen-bond donors (Lipinski definition) is 3. The van der Waals surface area contributed by atoms with Crippen LogP contribution < -0.4 is 11.1 Å². The Kier molecular flexibility index (Phi) is 5.77. The van der Waals surface area contributed by atoms with Gasteiger partial charge in [-0.05, 0) is 11.5 Å². The highest BCUT2D eigenvalue weighted by Gasteiger charge is 2.21. The molecular weight excluding hydrogens is 304 g/mol. The number of nitrogens with one attached hydrogen (secondary N) is 1. The first-order valence-electron chi connectivity index (χ1n) is 5.45. The zero-order chi connectivity index (χ0) is 15.3. The number of hydrogen-bond acceptors (Lipinski definition) is 6. The first-order valence-corrected chi connectivity index (χ1v) is 7.21. The lowest BCUT2D eigenvalue weighted by atomic mass is 10.3. The van der Waals surface area contributed by atoms with Crippen LogP contribution in [0.3, 0.4) is 0 Å². The summed E-state index contributed by atoms with van der Waals surface area (Å²) in [6.45, 7) is 0. The summed E-state index contributed by atoms with van der Waals surface area (Å²) < 4.78 is 4.02. The van der Waals surface area contributed by atoms with Crippen molar-refractivity contribution in [2.24, 2.45) is 5.73 Å². The van der Waals surface area contributed by atoms with Gasteiger partial charge in [-0.15, -0.1) is 11.8 Å². The molecule has 8 nitrogen and oxygen atoms in total. The minimum absolute atomic E-state index is 0.0558. The fraction of sp³-hybridized carbons (Fsp3) is 0.400. The number of carbonyl (C=O) groups excluding carboxylic acids is 2. The average molecular weight is 318 g/mol. The molecule has 0 radical (unpaired) electrons. The van der Waals surface area contributed by atoms with Gasteiger partial charge in [0.2, 0.25) is 0 Å². The Bertz CT molecular complexity index is 529. The highest BCUT2D eigenvalue weighted by atomic mass is 32.2. The van der Waals surface area contributed by atoms with E-state index in [2.05, 4.69) is 9.69 Å². The number of nitrogens with two attached hydrogens (primary N) is 1. The predicted molar refractivity (Wildman–Crippen MR) is 76.3 cm³/mol. The van der Waals surface area contributed by atoms with E-state index in [-0.39, 0.29) is 22.7 Å². The molecule has 0 aliphatic rings. The summed E-state index contributed by atoms with van der Waals surface area (Å²) >= 11 is 2.04. The molecule has 10 heteroatoms. The van der Waals surface area contributed by atoms with Crippen LogP contribution in [0.1, 0.15) is 16.8 Å². The fourth-order valence-electron chi connectivity index (χ4n) is 1.12. The van der Waals surface area contributed by atoms with Gasteiger partial charge in [-0.2, -0.15) is 4.37 Å². The molecule has 0 saturated heterocycles. The molecule has 4 N–H and O–H groups in total. The highest BCUT2D eigenvalue weighted by molar-refractivity contribution is 7.99. The molecule has 1 rings (SSSR count). The van der Waals surface area contributed by atoms with Gasteiger partial charge >= 0.3 is 12.0 Å². The summed E-state index contributed by atoms with van der Waals surface area (Å²) in [7, 11) is 3.12. The second kappa shape index (κ2) is 7.10. The van der Waals surface area contributed by atoms with Gasteiger partial charge in [-0.1, -0.05) is 0 Å². The van der Waals surface area contributed by atoms with Crippen molar-refractivity contribution in [2.75, 3.05) is 25.2 Å². The van der Waals surface area contributed by atoms with Gasteiger partial charge in [0.1, 0.15) is 15.6 Å². The number of thioether (sulfide) groups is 1. The maximum Gasteiger partial charge on any atom is 0.321 e. The largest absolute Gasteiger partial charge is 0.481 e. The van der Waals surface area contributed by atoms with Crippen molar-refractivity contribution in [3.8, 4) is 0 Å². The van der Waals surface area contributed by atoms with Gasteiger partial charge in [-0.25, -0.2) is 4.79 Å². The van der Waals surface area contributed by atoms with Crippen molar-refractivity contribution in [3.05, 3.63) is 5.56 Å². The zero-order valence-electron chi connectivity index (χ0n) is 10.9. The molecular formula is C10H14N4O4S2. The predicted octanol–water partition coefficient (Wildman–Crippen LogP) is 0.902. The van der Waals surface area contributed by atoms with Gasteiger partial charge in [0, 0.05) is 19.8 Å². The van der Waals surface area contributed by atoms with E-state index in [4.69, 9.17) is 10.8 Å². The molecule has 1 heterocycles. The van der Waals surface area contributed by atoms with E-state index in [9.17, 15) is 14.4 Å². The number of rotatable bonds is 6. The number of aliphatic carboxylic acids is 1. The molecule has 110 valence electrons. The first-order chi connectivity index (χ1) is 9.32. The van der Waals surface area contributed by atoms with Crippen LogP contribution in [0.4, 0.5) is 9.80 Å². The summed E-state index contributed by atoms with van der Waals surface area (Å²) in [5.74, 6) is -1.39. The van der Waals surface area contributed by atoms with Crippen LogP contribution in [0, 0.1) is 0 Å². The SMILES string of the molecule is CN(C)C(=O)Nc1snc(SCCC(=O)O)c1C(N)=O. The zero-order valence-corrected chi connectivity index (χ0v) is 12.5. The van der Waals surface area contributed by atoms with Crippen molar-refractivity contribution >= 4 is 46.2 Å². The average Bonchev–Trinajstić information content (AvgIpc) is 2.71. The van der Waals surface area contributed by atoms with Crippen LogP contribution in [0.25, 0.3) is 0 Å². The van der Waals surface area contributed by atoms with E-state index in [0.29, 0.717) is 5.03 Å². The van der Waals surface area contributed by atoms with Crippen molar-refractivity contribution < 1.29 is 19.5 Å². The molecule has 1 aromatic rings. The summed E-state index contributed by atoms with van der Waals surface area (Å²) in [6.07, 6.45) is -0.0558. The number of amides is 3. The smallest absolute Gasteiger partial charge is 0.321 e. The Morgan fingerprint density at radius 2 is 2.10 bits per heavy atom. The molecule has 20 heavy (non-hydrogen) atoms. The standard InChI is InChI=1S/C10H14N4O4S2/c1-14(2)10(18)12-8-6(7(11)17)9(13-20-8)19-4-3-5(15)16/h3-4H2,1-2H3,(H2,11,17)(H,12,18)(H,15,16). The van der Waals surface area contributed by atoms with E-state index in [1.54, 1.807) is 14.1 Å². The van der Waals surface area contributed by atoms with Gasteiger partial charge < -0.3 is 15.7 Å². The first kappa shape index (κ1) is 16.2. The Labute approximate surface area is 123 Å². The molecule has 0 saturated carbocycles. The lowest BCUT2D eigenvalue weighted by Crippen LogP contribution is -2.28. The van der Waals surface area contributed by atoms with Crippen LogP contribution in [0.15, 0.2) is 5.03 Å². The number of primary amides is 1. The maximum atomic E-state index is 11.6. The van der Waals surface area contributed by atoms with E-state index < -0.39 is 17.9 Å². The summed E-state index contributed by atoms with van der Waals surface area (Å²) in [5.41, 5.74) is 5.39. The van der Waals surface area contributed by atoms with E-state index in [0.717, 1.165) is 23.3 Å². The van der Waals surface area contributed by atoms with Crippen LogP contribution >= 0.6 is 23.3 Å². The minimum atomic E-state index is -0.936.